The molecular weight excluding hydrogens is 254 g/mol. The second-order valence-corrected chi connectivity index (χ2v) is 4.51. The van der Waals surface area contributed by atoms with Crippen LogP contribution in [0.4, 0.5) is 0 Å². The van der Waals surface area contributed by atoms with Crippen LogP contribution in [0.2, 0.25) is 0 Å². The molecule has 4 nitrogen and oxygen atoms in total. The Labute approximate surface area is 116 Å². The van der Waals surface area contributed by atoms with Crippen molar-refractivity contribution in [2.45, 2.75) is 6.42 Å². The number of hydrogen-bond acceptors (Lipinski definition) is 4. The van der Waals surface area contributed by atoms with Gasteiger partial charge in [-0.1, -0.05) is 12.1 Å². The average Bonchev–Trinajstić information content (AvgIpc) is 2.90. The van der Waals surface area contributed by atoms with Gasteiger partial charge < -0.3 is 9.15 Å². The van der Waals surface area contributed by atoms with Gasteiger partial charge in [-0.2, -0.15) is 0 Å². The first-order valence-corrected chi connectivity index (χ1v) is 6.26. The molecule has 0 aliphatic heterocycles. The Kier molecular flexibility index (Phi) is 3.21. The van der Waals surface area contributed by atoms with Crippen LogP contribution in [0.25, 0.3) is 11.0 Å². The topological polar surface area (TPSA) is 52.3 Å². The predicted molar refractivity (Wildman–Crippen MR) is 74.6 cm³/mol. The lowest BCUT2D eigenvalue weighted by Gasteiger charge is -2.00. The van der Waals surface area contributed by atoms with Gasteiger partial charge in [0, 0.05) is 17.8 Å². The Morgan fingerprint density at radius 3 is 2.90 bits per heavy atom. The number of carbonyl (C=O) groups is 1. The maximum Gasteiger partial charge on any atom is 0.373 e. The van der Waals surface area contributed by atoms with Crippen LogP contribution in [0.3, 0.4) is 0 Å². The number of benzene rings is 1. The summed E-state index contributed by atoms with van der Waals surface area (Å²) in [7, 11) is 1.34. The van der Waals surface area contributed by atoms with Gasteiger partial charge in [0.25, 0.3) is 0 Å². The number of fused-ring (bicyclic) bond motifs is 1. The standard InChI is InChI=1S/C16H13NO3/c1-19-16(18)15-9-13-8-11(4-5-14(13)20-15)7-12-3-2-6-17-10-12/h2-6,8-10H,7H2,1H3. The molecule has 2 aromatic heterocycles. The highest BCUT2D eigenvalue weighted by molar-refractivity contribution is 5.92. The highest BCUT2D eigenvalue weighted by atomic mass is 16.5. The van der Waals surface area contributed by atoms with Gasteiger partial charge in [-0.3, -0.25) is 4.98 Å². The summed E-state index contributed by atoms with van der Waals surface area (Å²) in [5.41, 5.74) is 2.96. The quantitative estimate of drug-likeness (QED) is 0.684. The van der Waals surface area contributed by atoms with E-state index >= 15 is 0 Å². The summed E-state index contributed by atoms with van der Waals surface area (Å²) in [5.74, 6) is -0.240. The summed E-state index contributed by atoms with van der Waals surface area (Å²) in [5, 5.41) is 0.895. The van der Waals surface area contributed by atoms with Crippen LogP contribution < -0.4 is 0 Å². The molecule has 1 aromatic carbocycles. The lowest BCUT2D eigenvalue weighted by molar-refractivity contribution is 0.0567. The van der Waals surface area contributed by atoms with Crippen molar-refractivity contribution in [3.63, 3.8) is 0 Å². The van der Waals surface area contributed by atoms with E-state index in [1.165, 1.54) is 7.11 Å². The van der Waals surface area contributed by atoms with Gasteiger partial charge in [-0.25, -0.2) is 4.79 Å². The van der Waals surface area contributed by atoms with Gasteiger partial charge >= 0.3 is 5.97 Å². The molecule has 0 N–H and O–H groups in total. The van der Waals surface area contributed by atoms with Crippen molar-refractivity contribution < 1.29 is 13.9 Å². The first-order chi connectivity index (χ1) is 9.76. The fourth-order valence-electron chi connectivity index (χ4n) is 2.14. The molecule has 0 aliphatic rings. The zero-order chi connectivity index (χ0) is 13.9. The molecule has 100 valence electrons. The molecule has 0 amide bonds. The predicted octanol–water partition coefficient (Wildman–Crippen LogP) is 3.21. The highest BCUT2D eigenvalue weighted by Crippen LogP contribution is 2.22. The minimum absolute atomic E-state index is 0.223. The second kappa shape index (κ2) is 5.17. The number of rotatable bonds is 3. The lowest BCUT2D eigenvalue weighted by Crippen LogP contribution is -1.97. The molecule has 0 fully saturated rings. The number of esters is 1. The van der Waals surface area contributed by atoms with Gasteiger partial charge in [-0.15, -0.1) is 0 Å². The minimum Gasteiger partial charge on any atom is -0.463 e. The number of carbonyl (C=O) groups excluding carboxylic acids is 1. The molecule has 2 heterocycles. The summed E-state index contributed by atoms with van der Waals surface area (Å²) >= 11 is 0. The number of furan rings is 1. The van der Waals surface area contributed by atoms with E-state index in [-0.39, 0.29) is 5.76 Å². The zero-order valence-corrected chi connectivity index (χ0v) is 11.0. The minimum atomic E-state index is -0.463. The summed E-state index contributed by atoms with van der Waals surface area (Å²) in [6, 6.07) is 11.5. The lowest BCUT2D eigenvalue weighted by atomic mass is 10.1. The number of nitrogens with zero attached hydrogens (tertiary/aromatic N) is 1. The van der Waals surface area contributed by atoms with E-state index in [0.717, 1.165) is 22.9 Å². The molecular formula is C16H13NO3. The van der Waals surface area contributed by atoms with Crippen LogP contribution in [0.15, 0.2) is 53.2 Å². The maximum atomic E-state index is 11.4. The Morgan fingerprint density at radius 2 is 2.15 bits per heavy atom. The van der Waals surface area contributed by atoms with Crippen molar-refractivity contribution in [3.8, 4) is 0 Å². The summed E-state index contributed by atoms with van der Waals surface area (Å²) in [4.78, 5) is 15.5. The Morgan fingerprint density at radius 1 is 1.25 bits per heavy atom. The summed E-state index contributed by atoms with van der Waals surface area (Å²) < 4.78 is 10.1. The molecule has 0 saturated heterocycles. The summed E-state index contributed by atoms with van der Waals surface area (Å²) in [6.07, 6.45) is 4.40. The number of aromatic nitrogens is 1. The van der Waals surface area contributed by atoms with E-state index in [1.54, 1.807) is 12.3 Å². The van der Waals surface area contributed by atoms with Crippen LogP contribution in [0, 0.1) is 0 Å². The number of ether oxygens (including phenoxy) is 1. The first kappa shape index (κ1) is 12.4. The third-order valence-electron chi connectivity index (χ3n) is 3.10. The third-order valence-corrected chi connectivity index (χ3v) is 3.10. The molecule has 0 bridgehead atoms. The number of hydrogen-bond donors (Lipinski definition) is 0. The van der Waals surface area contributed by atoms with E-state index in [9.17, 15) is 4.79 Å². The maximum absolute atomic E-state index is 11.4. The molecule has 3 rings (SSSR count). The Balaban J connectivity index is 1.92. The van der Waals surface area contributed by atoms with E-state index in [2.05, 4.69) is 9.72 Å². The molecule has 0 spiro atoms. The van der Waals surface area contributed by atoms with Crippen LogP contribution in [0.5, 0.6) is 0 Å². The van der Waals surface area contributed by atoms with E-state index < -0.39 is 5.97 Å². The Bertz CT molecular complexity index is 747. The molecule has 0 radical (unpaired) electrons. The monoisotopic (exact) mass is 267 g/mol. The van der Waals surface area contributed by atoms with Crippen molar-refractivity contribution in [2.75, 3.05) is 7.11 Å². The van der Waals surface area contributed by atoms with Gasteiger partial charge in [-0.05, 0) is 41.8 Å². The molecule has 0 unspecified atom stereocenters. The van der Waals surface area contributed by atoms with E-state index in [4.69, 9.17) is 4.42 Å². The van der Waals surface area contributed by atoms with Crippen LogP contribution in [-0.4, -0.2) is 18.1 Å². The number of pyridine rings is 1. The zero-order valence-electron chi connectivity index (χ0n) is 11.0. The van der Waals surface area contributed by atoms with Crippen molar-refractivity contribution in [1.29, 1.82) is 0 Å². The first-order valence-electron chi connectivity index (χ1n) is 6.26. The molecule has 0 atom stereocenters. The van der Waals surface area contributed by atoms with Gasteiger partial charge in [0.05, 0.1) is 7.11 Å². The average molecular weight is 267 g/mol. The van der Waals surface area contributed by atoms with Gasteiger partial charge in [0.2, 0.25) is 5.76 Å². The highest BCUT2D eigenvalue weighted by Gasteiger charge is 2.12. The largest absolute Gasteiger partial charge is 0.463 e. The molecule has 0 aliphatic carbocycles. The van der Waals surface area contributed by atoms with Crippen molar-refractivity contribution >= 4 is 16.9 Å². The van der Waals surface area contributed by atoms with Gasteiger partial charge in [0.1, 0.15) is 5.58 Å². The van der Waals surface area contributed by atoms with Crippen LogP contribution in [-0.2, 0) is 11.2 Å². The van der Waals surface area contributed by atoms with Crippen LogP contribution >= 0.6 is 0 Å². The fourth-order valence-corrected chi connectivity index (χ4v) is 2.14. The third kappa shape index (κ3) is 2.40. The normalized spacial score (nSPS) is 10.7. The second-order valence-electron chi connectivity index (χ2n) is 4.51. The molecule has 4 heteroatoms. The van der Waals surface area contributed by atoms with E-state index in [1.807, 2.05) is 36.5 Å². The molecule has 3 aromatic rings. The molecule has 0 saturated carbocycles. The smallest absolute Gasteiger partial charge is 0.373 e. The van der Waals surface area contributed by atoms with Crippen LogP contribution in [0.1, 0.15) is 21.7 Å². The van der Waals surface area contributed by atoms with Gasteiger partial charge in [0.15, 0.2) is 0 Å². The Hall–Kier alpha value is -2.62. The fraction of sp³-hybridized carbons (Fsp3) is 0.125. The SMILES string of the molecule is COC(=O)c1cc2cc(Cc3cccnc3)ccc2o1. The van der Waals surface area contributed by atoms with Crippen molar-refractivity contribution in [1.82, 2.24) is 4.98 Å². The number of methoxy groups -OCH3 is 1. The summed E-state index contributed by atoms with van der Waals surface area (Å²) in [6.45, 7) is 0. The molecule has 20 heavy (non-hydrogen) atoms. The van der Waals surface area contributed by atoms with E-state index in [0.29, 0.717) is 5.58 Å². The van der Waals surface area contributed by atoms with Crippen molar-refractivity contribution in [3.05, 3.63) is 65.7 Å². The van der Waals surface area contributed by atoms with Crippen molar-refractivity contribution in [2.24, 2.45) is 0 Å².